The summed E-state index contributed by atoms with van der Waals surface area (Å²) in [6, 6.07) is 3.72. The van der Waals surface area contributed by atoms with Gasteiger partial charge in [-0.2, -0.15) is 4.98 Å². The number of aryl methyl sites for hydroxylation is 2. The van der Waals surface area contributed by atoms with Gasteiger partial charge in [0.15, 0.2) is 0 Å². The molecule has 1 fully saturated rings. The number of benzene rings is 1. The molecule has 0 spiro atoms. The maximum atomic E-state index is 12.9. The molecule has 170 valence electrons. The van der Waals surface area contributed by atoms with Gasteiger partial charge in [0.2, 0.25) is 0 Å². The number of aromatic amines is 1. The Bertz CT molecular complexity index is 1050. The first-order valence-electron chi connectivity index (χ1n) is 10.5. The van der Waals surface area contributed by atoms with Crippen LogP contribution in [-0.2, 0) is 11.2 Å². The Morgan fingerprint density at radius 1 is 1.16 bits per heavy atom. The molecule has 0 aliphatic carbocycles. The Kier molecular flexibility index (Phi) is 7.24. The lowest BCUT2D eigenvalue weighted by molar-refractivity contribution is -0.139. The Balaban J connectivity index is 1.81. The number of carboxylic acids is 1. The van der Waals surface area contributed by atoms with E-state index < -0.39 is 29.6 Å². The van der Waals surface area contributed by atoms with Gasteiger partial charge in [-0.25, -0.2) is 14.4 Å². The molecule has 1 aliphatic rings. The van der Waals surface area contributed by atoms with Crippen LogP contribution < -0.4 is 16.3 Å². The highest BCUT2D eigenvalue weighted by Crippen LogP contribution is 2.18. The van der Waals surface area contributed by atoms with Crippen LogP contribution in [0.25, 0.3) is 0 Å². The summed E-state index contributed by atoms with van der Waals surface area (Å²) in [4.78, 5) is 56.8. The number of carboxylic acid groups (broad SMARTS) is 1. The maximum Gasteiger partial charge on any atom is 0.346 e. The van der Waals surface area contributed by atoms with E-state index in [0.29, 0.717) is 18.7 Å². The summed E-state index contributed by atoms with van der Waals surface area (Å²) >= 11 is 0. The van der Waals surface area contributed by atoms with Gasteiger partial charge in [-0.05, 0) is 44.2 Å². The number of anilines is 1. The molecule has 2 aromatic rings. The zero-order valence-corrected chi connectivity index (χ0v) is 18.1. The van der Waals surface area contributed by atoms with Crippen molar-refractivity contribution < 1.29 is 19.5 Å². The molecule has 1 aliphatic heterocycles. The van der Waals surface area contributed by atoms with Crippen molar-refractivity contribution in [3.05, 3.63) is 57.1 Å². The van der Waals surface area contributed by atoms with Crippen molar-refractivity contribution in [2.75, 3.05) is 18.4 Å². The van der Waals surface area contributed by atoms with E-state index in [0.717, 1.165) is 30.4 Å². The summed E-state index contributed by atoms with van der Waals surface area (Å²) in [7, 11) is 0. The predicted octanol–water partition coefficient (Wildman–Crippen LogP) is 1.83. The monoisotopic (exact) mass is 441 g/mol. The molecule has 1 unspecified atom stereocenters. The highest BCUT2D eigenvalue weighted by molar-refractivity contribution is 6.06. The molecular formula is C22H27N5O5. The first-order valence-corrected chi connectivity index (χ1v) is 10.5. The third-order valence-electron chi connectivity index (χ3n) is 5.49. The Morgan fingerprint density at radius 3 is 2.44 bits per heavy atom. The van der Waals surface area contributed by atoms with E-state index in [-0.39, 0.29) is 17.8 Å². The fourth-order valence-electron chi connectivity index (χ4n) is 3.79. The van der Waals surface area contributed by atoms with E-state index in [2.05, 4.69) is 20.6 Å². The molecule has 1 atom stereocenters. The smallest absolute Gasteiger partial charge is 0.346 e. The van der Waals surface area contributed by atoms with Gasteiger partial charge in [-0.15, -0.1) is 0 Å². The molecule has 1 aromatic heterocycles. The standard InChI is InChI=1S/C22H27N5O5/c1-13-7-6-8-14(2)17(13)19(28)25-18-15(12-23-21(31)26-18)11-16(20(29)30)24-22(32)27-9-4-3-5-10-27/h6-8,12,16H,3-5,9-11H2,1-2H3,(H,24,32)(H,29,30)(H2,23,25,26,28,31). The molecule has 3 rings (SSSR count). The van der Waals surface area contributed by atoms with E-state index >= 15 is 0 Å². The van der Waals surface area contributed by atoms with Gasteiger partial charge in [0, 0.05) is 36.8 Å². The van der Waals surface area contributed by atoms with Crippen LogP contribution in [0.1, 0.15) is 46.3 Å². The number of carbonyl (C=O) groups is 3. The lowest BCUT2D eigenvalue weighted by Crippen LogP contribution is -2.50. The number of likely N-dealkylation sites (tertiary alicyclic amines) is 1. The summed E-state index contributed by atoms with van der Waals surface area (Å²) in [5.41, 5.74) is 1.57. The molecular weight excluding hydrogens is 414 g/mol. The first kappa shape index (κ1) is 23.0. The van der Waals surface area contributed by atoms with Crippen molar-refractivity contribution in [2.24, 2.45) is 0 Å². The Hall–Kier alpha value is -3.69. The molecule has 10 nitrogen and oxygen atoms in total. The second kappa shape index (κ2) is 10.1. The molecule has 0 bridgehead atoms. The van der Waals surface area contributed by atoms with Gasteiger partial charge in [0.05, 0.1) is 0 Å². The zero-order chi connectivity index (χ0) is 23.3. The molecule has 32 heavy (non-hydrogen) atoms. The van der Waals surface area contributed by atoms with Crippen LogP contribution in [-0.4, -0.2) is 57.0 Å². The van der Waals surface area contributed by atoms with Gasteiger partial charge in [0.1, 0.15) is 11.9 Å². The largest absolute Gasteiger partial charge is 0.480 e. The average molecular weight is 441 g/mol. The molecule has 10 heteroatoms. The second-order valence-corrected chi connectivity index (χ2v) is 7.89. The maximum absolute atomic E-state index is 12.9. The summed E-state index contributed by atoms with van der Waals surface area (Å²) in [6.45, 7) is 4.75. The molecule has 4 N–H and O–H groups in total. The number of aromatic nitrogens is 2. The van der Waals surface area contributed by atoms with Crippen molar-refractivity contribution in [1.82, 2.24) is 20.2 Å². The third-order valence-corrected chi connectivity index (χ3v) is 5.49. The normalized spacial score (nSPS) is 14.5. The van der Waals surface area contributed by atoms with Crippen molar-refractivity contribution >= 4 is 23.7 Å². The van der Waals surface area contributed by atoms with Gasteiger partial charge < -0.3 is 25.6 Å². The number of carbonyl (C=O) groups excluding carboxylic acids is 2. The van der Waals surface area contributed by atoms with E-state index in [1.807, 2.05) is 6.07 Å². The second-order valence-electron chi connectivity index (χ2n) is 7.89. The highest BCUT2D eigenvalue weighted by Gasteiger charge is 2.26. The number of rotatable bonds is 6. The minimum Gasteiger partial charge on any atom is -0.480 e. The number of H-pyrrole nitrogens is 1. The third kappa shape index (κ3) is 5.51. The number of hydrogen-bond acceptors (Lipinski definition) is 5. The molecule has 3 amide bonds. The highest BCUT2D eigenvalue weighted by atomic mass is 16.4. The molecule has 0 saturated carbocycles. The quantitative estimate of drug-likeness (QED) is 0.538. The number of aliphatic carboxylic acids is 1. The number of amides is 3. The Labute approximate surface area is 185 Å². The predicted molar refractivity (Wildman–Crippen MR) is 118 cm³/mol. The summed E-state index contributed by atoms with van der Waals surface area (Å²) in [5.74, 6) is -1.72. The van der Waals surface area contributed by atoms with E-state index in [1.165, 1.54) is 6.20 Å². The number of nitrogens with one attached hydrogen (secondary N) is 3. The minimum absolute atomic E-state index is 0.0418. The van der Waals surface area contributed by atoms with Crippen LogP contribution >= 0.6 is 0 Å². The van der Waals surface area contributed by atoms with Crippen LogP contribution in [0, 0.1) is 13.8 Å². The fourth-order valence-corrected chi connectivity index (χ4v) is 3.79. The SMILES string of the molecule is Cc1cccc(C)c1C(=O)Nc1nc(=O)[nH]cc1CC(NC(=O)N1CCCCC1)C(=O)O. The topological polar surface area (TPSA) is 144 Å². The summed E-state index contributed by atoms with van der Waals surface area (Å²) < 4.78 is 0. The number of piperidine rings is 1. The summed E-state index contributed by atoms with van der Waals surface area (Å²) in [6.07, 6.45) is 3.94. The van der Waals surface area contributed by atoms with Crippen molar-refractivity contribution in [3.63, 3.8) is 0 Å². The van der Waals surface area contributed by atoms with E-state index in [4.69, 9.17) is 0 Å². The van der Waals surface area contributed by atoms with Crippen LogP contribution in [0.5, 0.6) is 0 Å². The van der Waals surface area contributed by atoms with Crippen LogP contribution in [0.3, 0.4) is 0 Å². The minimum atomic E-state index is -1.26. The van der Waals surface area contributed by atoms with Crippen LogP contribution in [0.4, 0.5) is 10.6 Å². The van der Waals surface area contributed by atoms with E-state index in [9.17, 15) is 24.3 Å². The van der Waals surface area contributed by atoms with Crippen molar-refractivity contribution in [3.8, 4) is 0 Å². The first-order chi connectivity index (χ1) is 15.3. The van der Waals surface area contributed by atoms with Gasteiger partial charge >= 0.3 is 17.7 Å². The lowest BCUT2D eigenvalue weighted by atomic mass is 10.0. The van der Waals surface area contributed by atoms with Gasteiger partial charge in [-0.3, -0.25) is 4.79 Å². The Morgan fingerprint density at radius 2 is 1.81 bits per heavy atom. The molecule has 1 aromatic carbocycles. The number of hydrogen-bond donors (Lipinski definition) is 4. The van der Waals surface area contributed by atoms with E-state index in [1.54, 1.807) is 30.9 Å². The van der Waals surface area contributed by atoms with Crippen LogP contribution in [0.15, 0.2) is 29.2 Å². The number of urea groups is 1. The van der Waals surface area contributed by atoms with Gasteiger partial charge in [-0.1, -0.05) is 18.2 Å². The summed E-state index contributed by atoms with van der Waals surface area (Å²) in [5, 5.41) is 14.8. The number of nitrogens with zero attached hydrogens (tertiary/aromatic N) is 2. The van der Waals surface area contributed by atoms with Crippen LogP contribution in [0.2, 0.25) is 0 Å². The van der Waals surface area contributed by atoms with Crippen molar-refractivity contribution in [2.45, 2.75) is 45.6 Å². The average Bonchev–Trinajstić information content (AvgIpc) is 2.75. The lowest BCUT2D eigenvalue weighted by Gasteiger charge is -2.28. The molecule has 2 heterocycles. The molecule has 1 saturated heterocycles. The van der Waals surface area contributed by atoms with Gasteiger partial charge in [0.25, 0.3) is 5.91 Å². The molecule has 0 radical (unpaired) electrons. The van der Waals surface area contributed by atoms with Crippen molar-refractivity contribution in [1.29, 1.82) is 0 Å². The zero-order valence-electron chi connectivity index (χ0n) is 18.1. The fraction of sp³-hybridized carbons (Fsp3) is 0.409.